The van der Waals surface area contributed by atoms with Gasteiger partial charge in [-0.05, 0) is 12.8 Å². The van der Waals surface area contributed by atoms with E-state index in [4.69, 9.17) is 5.11 Å². The summed E-state index contributed by atoms with van der Waals surface area (Å²) in [5.41, 5.74) is 0. The maximum atomic E-state index is 9.86. The van der Waals surface area contributed by atoms with Crippen LogP contribution in [0.5, 0.6) is 0 Å². The Bertz CT molecular complexity index is 186. The maximum absolute atomic E-state index is 9.86. The van der Waals surface area contributed by atoms with Crippen molar-refractivity contribution in [2.45, 2.75) is 18.9 Å². The van der Waals surface area contributed by atoms with Gasteiger partial charge < -0.3 is 10.4 Å². The normalized spacial score (nSPS) is 15.6. The Balaban J connectivity index is 2.04. The summed E-state index contributed by atoms with van der Waals surface area (Å²) in [5, 5.41) is 11.2. The number of rotatable bonds is 2. The summed E-state index contributed by atoms with van der Waals surface area (Å²) >= 11 is 0. The molecule has 1 fully saturated rings. The quantitative estimate of drug-likeness (QED) is 0.522. The fourth-order valence-corrected chi connectivity index (χ4v) is 0.603. The van der Waals surface area contributed by atoms with E-state index < -0.39 is 5.97 Å². The largest absolute Gasteiger partial charge is 0.472 e. The molecule has 1 aliphatic carbocycles. The van der Waals surface area contributed by atoms with Crippen LogP contribution in [0.15, 0.2) is 0 Å². The Morgan fingerprint density at radius 2 is 2.40 bits per heavy atom. The van der Waals surface area contributed by atoms with Crippen molar-refractivity contribution in [2.24, 2.45) is 0 Å². The van der Waals surface area contributed by atoms with Gasteiger partial charge in [0.25, 0.3) is 0 Å². The van der Waals surface area contributed by atoms with Crippen molar-refractivity contribution in [3.8, 4) is 11.8 Å². The van der Waals surface area contributed by atoms with Gasteiger partial charge in [-0.1, -0.05) is 5.92 Å². The SMILES string of the molecule is O=C(O)C#CCNC1CC1. The first kappa shape index (κ1) is 7.10. The topological polar surface area (TPSA) is 49.3 Å². The van der Waals surface area contributed by atoms with Crippen LogP contribution in [0.25, 0.3) is 0 Å². The minimum atomic E-state index is -1.06. The first-order valence-electron chi connectivity index (χ1n) is 3.24. The second kappa shape index (κ2) is 3.23. The molecule has 0 bridgehead atoms. The third-order valence-electron chi connectivity index (χ3n) is 1.25. The predicted octanol–water partition coefficient (Wildman–Crippen LogP) is -0.174. The van der Waals surface area contributed by atoms with Crippen molar-refractivity contribution in [1.29, 1.82) is 0 Å². The van der Waals surface area contributed by atoms with Crippen molar-refractivity contribution >= 4 is 5.97 Å². The molecular formula is C7H9NO2. The predicted molar refractivity (Wildman–Crippen MR) is 36.4 cm³/mol. The van der Waals surface area contributed by atoms with Crippen LogP contribution in [-0.4, -0.2) is 23.7 Å². The molecule has 0 aromatic rings. The molecule has 2 N–H and O–H groups in total. The zero-order valence-corrected chi connectivity index (χ0v) is 5.55. The minimum absolute atomic E-state index is 0.497. The lowest BCUT2D eigenvalue weighted by molar-refractivity contribution is -0.130. The Labute approximate surface area is 59.4 Å². The molecule has 0 aromatic carbocycles. The number of hydrogen-bond donors (Lipinski definition) is 2. The Morgan fingerprint density at radius 1 is 1.70 bits per heavy atom. The van der Waals surface area contributed by atoms with E-state index in [0.29, 0.717) is 12.6 Å². The third-order valence-corrected chi connectivity index (χ3v) is 1.25. The van der Waals surface area contributed by atoms with Crippen molar-refractivity contribution in [3.05, 3.63) is 0 Å². The number of carboxylic acid groups (broad SMARTS) is 1. The molecule has 1 saturated carbocycles. The fourth-order valence-electron chi connectivity index (χ4n) is 0.603. The van der Waals surface area contributed by atoms with Gasteiger partial charge in [-0.3, -0.25) is 0 Å². The van der Waals surface area contributed by atoms with Crippen LogP contribution < -0.4 is 5.32 Å². The molecule has 54 valence electrons. The number of carboxylic acids is 1. The lowest BCUT2D eigenvalue weighted by Crippen LogP contribution is -2.16. The second-order valence-electron chi connectivity index (χ2n) is 2.26. The highest BCUT2D eigenvalue weighted by Crippen LogP contribution is 2.17. The summed E-state index contributed by atoms with van der Waals surface area (Å²) in [7, 11) is 0. The first-order chi connectivity index (χ1) is 4.79. The third kappa shape index (κ3) is 3.10. The van der Waals surface area contributed by atoms with Crippen molar-refractivity contribution < 1.29 is 9.90 Å². The van der Waals surface area contributed by atoms with Gasteiger partial charge >= 0.3 is 5.97 Å². The van der Waals surface area contributed by atoms with Crippen LogP contribution in [-0.2, 0) is 4.79 Å². The molecule has 0 aromatic heterocycles. The minimum Gasteiger partial charge on any atom is -0.472 e. The summed E-state index contributed by atoms with van der Waals surface area (Å²) < 4.78 is 0. The van der Waals surface area contributed by atoms with Crippen LogP contribution in [0.1, 0.15) is 12.8 Å². The maximum Gasteiger partial charge on any atom is 0.381 e. The molecule has 0 amide bonds. The molecule has 0 heterocycles. The monoisotopic (exact) mass is 139 g/mol. The molecular weight excluding hydrogens is 130 g/mol. The molecule has 0 radical (unpaired) electrons. The highest BCUT2D eigenvalue weighted by atomic mass is 16.4. The Hall–Kier alpha value is -1.01. The van der Waals surface area contributed by atoms with Crippen molar-refractivity contribution in [1.82, 2.24) is 5.32 Å². The molecule has 0 unspecified atom stereocenters. The van der Waals surface area contributed by atoms with Gasteiger partial charge in [0.2, 0.25) is 0 Å². The zero-order chi connectivity index (χ0) is 7.40. The van der Waals surface area contributed by atoms with Gasteiger partial charge in [0.05, 0.1) is 6.54 Å². The van der Waals surface area contributed by atoms with Gasteiger partial charge in [-0.2, -0.15) is 0 Å². The molecule has 1 aliphatic rings. The Morgan fingerprint density at radius 3 is 2.90 bits per heavy atom. The average molecular weight is 139 g/mol. The number of hydrogen-bond acceptors (Lipinski definition) is 2. The van der Waals surface area contributed by atoms with Crippen LogP contribution in [0.3, 0.4) is 0 Å². The van der Waals surface area contributed by atoms with Gasteiger partial charge in [0.1, 0.15) is 0 Å². The molecule has 3 nitrogen and oxygen atoms in total. The first-order valence-corrected chi connectivity index (χ1v) is 3.24. The molecule has 0 spiro atoms. The lowest BCUT2D eigenvalue weighted by Gasteiger charge is -1.90. The van der Waals surface area contributed by atoms with E-state index in [2.05, 4.69) is 11.2 Å². The highest BCUT2D eigenvalue weighted by molar-refractivity contribution is 5.86. The molecule has 0 saturated heterocycles. The molecule has 3 heteroatoms. The van der Waals surface area contributed by atoms with E-state index in [1.54, 1.807) is 0 Å². The van der Waals surface area contributed by atoms with Gasteiger partial charge in [0.15, 0.2) is 0 Å². The molecule has 10 heavy (non-hydrogen) atoms. The summed E-state index contributed by atoms with van der Waals surface area (Å²) in [5.74, 6) is 3.47. The van der Waals surface area contributed by atoms with Crippen LogP contribution in [0, 0.1) is 11.8 Å². The number of aliphatic carboxylic acids is 1. The smallest absolute Gasteiger partial charge is 0.381 e. The number of nitrogens with one attached hydrogen (secondary N) is 1. The summed E-state index contributed by atoms with van der Waals surface area (Å²) in [6, 6.07) is 0.600. The van der Waals surface area contributed by atoms with Crippen LogP contribution in [0.4, 0.5) is 0 Å². The van der Waals surface area contributed by atoms with Crippen molar-refractivity contribution in [2.75, 3.05) is 6.54 Å². The summed E-state index contributed by atoms with van der Waals surface area (Å²) in [4.78, 5) is 9.86. The van der Waals surface area contributed by atoms with E-state index in [9.17, 15) is 4.79 Å². The molecule has 0 atom stereocenters. The van der Waals surface area contributed by atoms with Crippen LogP contribution in [0.2, 0.25) is 0 Å². The standard InChI is InChI=1S/C7H9NO2/c9-7(10)2-1-5-8-6-3-4-6/h6,8H,3-5H2,(H,9,10). The molecule has 1 rings (SSSR count). The summed E-state index contributed by atoms with van der Waals surface area (Å²) in [6.07, 6.45) is 2.41. The zero-order valence-electron chi connectivity index (χ0n) is 5.55. The van der Waals surface area contributed by atoms with E-state index in [0.717, 1.165) is 0 Å². The lowest BCUT2D eigenvalue weighted by atomic mass is 10.5. The van der Waals surface area contributed by atoms with Gasteiger partial charge in [-0.15, -0.1) is 0 Å². The number of carbonyl (C=O) groups is 1. The van der Waals surface area contributed by atoms with E-state index in [1.807, 2.05) is 5.92 Å². The fraction of sp³-hybridized carbons (Fsp3) is 0.571. The summed E-state index contributed by atoms with van der Waals surface area (Å²) in [6.45, 7) is 0.497. The highest BCUT2D eigenvalue weighted by Gasteiger charge is 2.18. The van der Waals surface area contributed by atoms with E-state index in [-0.39, 0.29) is 0 Å². The van der Waals surface area contributed by atoms with Gasteiger partial charge in [-0.25, -0.2) is 4.79 Å². The van der Waals surface area contributed by atoms with E-state index in [1.165, 1.54) is 12.8 Å². The van der Waals surface area contributed by atoms with Gasteiger partial charge in [0, 0.05) is 12.0 Å². The van der Waals surface area contributed by atoms with Crippen LogP contribution >= 0.6 is 0 Å². The van der Waals surface area contributed by atoms with Crippen molar-refractivity contribution in [3.63, 3.8) is 0 Å². The van der Waals surface area contributed by atoms with E-state index >= 15 is 0 Å². The second-order valence-corrected chi connectivity index (χ2v) is 2.26. The average Bonchev–Trinajstić information content (AvgIpc) is 2.62. The Kier molecular flexibility index (Phi) is 2.30. The molecule has 0 aliphatic heterocycles.